The number of carboxylic acid groups (broad SMARTS) is 1. The number of nitrogens with zero attached hydrogens (tertiary/aromatic N) is 1. The lowest BCUT2D eigenvalue weighted by Gasteiger charge is -2.21. The van der Waals surface area contributed by atoms with E-state index >= 15 is 0 Å². The summed E-state index contributed by atoms with van der Waals surface area (Å²) >= 11 is 12.0. The van der Waals surface area contributed by atoms with E-state index in [4.69, 9.17) is 42.1 Å². The Kier molecular flexibility index (Phi) is 13.4. The van der Waals surface area contributed by atoms with Gasteiger partial charge in [-0.1, -0.05) is 35.3 Å². The third-order valence-electron chi connectivity index (χ3n) is 5.21. The second-order valence-electron chi connectivity index (χ2n) is 7.97. The molecule has 1 unspecified atom stereocenters. The highest BCUT2D eigenvalue weighted by Crippen LogP contribution is 2.19. The maximum Gasteiger partial charge on any atom is 0.409 e. The zero-order valence-corrected chi connectivity index (χ0v) is 22.1. The predicted molar refractivity (Wildman–Crippen MR) is 138 cm³/mol. The van der Waals surface area contributed by atoms with Crippen molar-refractivity contribution in [3.63, 3.8) is 0 Å². The molecule has 2 aromatic rings. The Morgan fingerprint density at radius 3 is 2.28 bits per heavy atom. The Morgan fingerprint density at radius 1 is 0.972 bits per heavy atom. The average molecular weight is 542 g/mol. The predicted octanol–water partition coefficient (Wildman–Crippen LogP) is 5.47. The fourth-order valence-electron chi connectivity index (χ4n) is 3.44. The molecule has 1 amide bonds. The Bertz CT molecular complexity index is 936. The number of hydrogen-bond donors (Lipinski definition) is 1. The number of ether oxygens (including phenoxy) is 4. The SMILES string of the molecule is CCOC(Cc1ccc(OCCN(CCCCOCc2cc(Cl)cc(Cl)c2)C(=O)OC)cc1)C(=O)O. The first-order valence-electron chi connectivity index (χ1n) is 11.7. The van der Waals surface area contributed by atoms with Gasteiger partial charge < -0.3 is 29.0 Å². The molecule has 0 aliphatic rings. The standard InChI is InChI=1S/C26H33Cl2NO7/c1-3-35-24(25(30)31)16-19-6-8-23(9-7-19)36-13-11-29(26(32)33-2)10-4-5-12-34-18-20-14-21(27)17-22(28)15-20/h6-9,14-15,17,24H,3-5,10-13,16,18H2,1-2H3,(H,30,31). The van der Waals surface area contributed by atoms with Gasteiger partial charge in [-0.2, -0.15) is 0 Å². The summed E-state index contributed by atoms with van der Waals surface area (Å²) in [5.41, 5.74) is 1.74. The van der Waals surface area contributed by atoms with Gasteiger partial charge in [0, 0.05) is 36.2 Å². The van der Waals surface area contributed by atoms with Gasteiger partial charge in [-0.15, -0.1) is 0 Å². The molecule has 0 bridgehead atoms. The summed E-state index contributed by atoms with van der Waals surface area (Å²) < 4.78 is 21.6. The molecule has 0 aliphatic heterocycles. The normalized spacial score (nSPS) is 11.7. The molecule has 0 saturated heterocycles. The molecule has 36 heavy (non-hydrogen) atoms. The van der Waals surface area contributed by atoms with Gasteiger partial charge in [-0.25, -0.2) is 9.59 Å². The van der Waals surface area contributed by atoms with E-state index in [2.05, 4.69) is 0 Å². The number of hydrogen-bond acceptors (Lipinski definition) is 6. The van der Waals surface area contributed by atoms with Gasteiger partial charge in [0.25, 0.3) is 0 Å². The number of methoxy groups -OCH3 is 1. The van der Waals surface area contributed by atoms with Crippen LogP contribution in [0.4, 0.5) is 4.79 Å². The maximum atomic E-state index is 12.1. The lowest BCUT2D eigenvalue weighted by atomic mass is 10.1. The molecule has 1 N–H and O–H groups in total. The zero-order chi connectivity index (χ0) is 26.3. The van der Waals surface area contributed by atoms with Crippen molar-refractivity contribution in [1.29, 1.82) is 0 Å². The summed E-state index contributed by atoms with van der Waals surface area (Å²) in [5.74, 6) is -0.362. The van der Waals surface area contributed by atoms with Gasteiger partial charge in [0.15, 0.2) is 6.10 Å². The molecule has 10 heteroatoms. The van der Waals surface area contributed by atoms with Crippen molar-refractivity contribution < 1.29 is 33.6 Å². The fourth-order valence-corrected chi connectivity index (χ4v) is 4.01. The monoisotopic (exact) mass is 541 g/mol. The molecule has 198 valence electrons. The number of carboxylic acids is 1. The Balaban J connectivity index is 1.71. The Hall–Kier alpha value is -2.52. The van der Waals surface area contributed by atoms with Crippen LogP contribution in [0.1, 0.15) is 30.9 Å². The van der Waals surface area contributed by atoms with Gasteiger partial charge in [-0.05, 0) is 61.2 Å². The van der Waals surface area contributed by atoms with Gasteiger partial charge in [0.05, 0.1) is 20.3 Å². The third-order valence-corrected chi connectivity index (χ3v) is 5.64. The second kappa shape index (κ2) is 16.3. The molecule has 0 fully saturated rings. The number of amides is 1. The molecule has 1 atom stereocenters. The first kappa shape index (κ1) is 29.7. The van der Waals surface area contributed by atoms with Gasteiger partial charge >= 0.3 is 12.1 Å². The molecule has 2 aromatic carbocycles. The molecule has 0 saturated carbocycles. The number of halogens is 2. The van der Waals surface area contributed by atoms with Crippen LogP contribution in [0.3, 0.4) is 0 Å². The molecule has 0 spiro atoms. The molecule has 2 rings (SSSR count). The highest BCUT2D eigenvalue weighted by Gasteiger charge is 2.18. The van der Waals surface area contributed by atoms with Crippen LogP contribution >= 0.6 is 23.2 Å². The highest BCUT2D eigenvalue weighted by atomic mass is 35.5. The van der Waals surface area contributed by atoms with E-state index in [1.807, 2.05) is 12.1 Å². The van der Waals surface area contributed by atoms with E-state index in [1.54, 1.807) is 42.2 Å². The molecule has 0 aromatic heterocycles. The summed E-state index contributed by atoms with van der Waals surface area (Å²) in [6.07, 6.45) is 0.486. The van der Waals surface area contributed by atoms with E-state index in [0.717, 1.165) is 24.0 Å². The highest BCUT2D eigenvalue weighted by molar-refractivity contribution is 6.34. The Morgan fingerprint density at radius 2 is 1.67 bits per heavy atom. The van der Waals surface area contributed by atoms with Crippen molar-refractivity contribution in [2.24, 2.45) is 0 Å². The lowest BCUT2D eigenvalue weighted by molar-refractivity contribution is -0.149. The van der Waals surface area contributed by atoms with E-state index in [0.29, 0.717) is 48.7 Å². The Labute approximate surface area is 222 Å². The first-order chi connectivity index (χ1) is 17.3. The fraction of sp³-hybridized carbons (Fsp3) is 0.462. The number of rotatable bonds is 16. The summed E-state index contributed by atoms with van der Waals surface area (Å²) in [4.78, 5) is 24.9. The van der Waals surface area contributed by atoms with E-state index in [1.165, 1.54) is 7.11 Å². The molecular weight excluding hydrogens is 509 g/mol. The van der Waals surface area contributed by atoms with Crippen LogP contribution in [-0.4, -0.2) is 68.2 Å². The first-order valence-corrected chi connectivity index (χ1v) is 12.5. The smallest absolute Gasteiger partial charge is 0.409 e. The van der Waals surface area contributed by atoms with Crippen LogP contribution in [0, 0.1) is 0 Å². The number of carbonyl (C=O) groups is 2. The largest absolute Gasteiger partial charge is 0.492 e. The van der Waals surface area contributed by atoms with Crippen LogP contribution < -0.4 is 4.74 Å². The van der Waals surface area contributed by atoms with E-state index < -0.39 is 18.2 Å². The van der Waals surface area contributed by atoms with Crippen LogP contribution in [-0.2, 0) is 32.0 Å². The van der Waals surface area contributed by atoms with Gasteiger partial charge in [-0.3, -0.25) is 0 Å². The molecule has 0 aliphatic carbocycles. The molecule has 8 nitrogen and oxygen atoms in total. The van der Waals surface area contributed by atoms with Crippen molar-refractivity contribution >= 4 is 35.3 Å². The van der Waals surface area contributed by atoms with Crippen molar-refractivity contribution in [1.82, 2.24) is 4.90 Å². The zero-order valence-electron chi connectivity index (χ0n) is 20.6. The summed E-state index contributed by atoms with van der Waals surface area (Å²) in [6, 6.07) is 12.5. The van der Waals surface area contributed by atoms with Crippen molar-refractivity contribution in [2.75, 3.05) is 40.0 Å². The summed E-state index contributed by atoms with van der Waals surface area (Å²) in [5, 5.41) is 10.4. The second-order valence-corrected chi connectivity index (χ2v) is 8.85. The molecule has 0 heterocycles. The van der Waals surface area contributed by atoms with Crippen LogP contribution in [0.2, 0.25) is 10.0 Å². The minimum Gasteiger partial charge on any atom is -0.492 e. The van der Waals surface area contributed by atoms with Gasteiger partial charge in [0.1, 0.15) is 12.4 Å². The number of unbranched alkanes of at least 4 members (excludes halogenated alkanes) is 1. The number of carbonyl (C=O) groups excluding carboxylic acids is 1. The number of benzene rings is 2. The summed E-state index contributed by atoms with van der Waals surface area (Å²) in [7, 11) is 1.35. The quantitative estimate of drug-likeness (QED) is 0.281. The third kappa shape index (κ3) is 11.0. The van der Waals surface area contributed by atoms with Crippen LogP contribution in [0.5, 0.6) is 5.75 Å². The molecular formula is C26H33Cl2NO7. The topological polar surface area (TPSA) is 94.5 Å². The molecule has 0 radical (unpaired) electrons. The van der Waals surface area contributed by atoms with Crippen molar-refractivity contribution in [3.05, 3.63) is 63.6 Å². The average Bonchev–Trinajstić information content (AvgIpc) is 2.84. The van der Waals surface area contributed by atoms with Crippen molar-refractivity contribution in [3.8, 4) is 5.75 Å². The van der Waals surface area contributed by atoms with E-state index in [-0.39, 0.29) is 13.0 Å². The van der Waals surface area contributed by atoms with Crippen LogP contribution in [0.25, 0.3) is 0 Å². The minimum absolute atomic E-state index is 0.274. The van der Waals surface area contributed by atoms with Crippen molar-refractivity contribution in [2.45, 2.75) is 38.9 Å². The number of aliphatic carboxylic acids is 1. The summed E-state index contributed by atoms with van der Waals surface area (Å²) in [6.45, 7) is 4.20. The lowest BCUT2D eigenvalue weighted by Crippen LogP contribution is -2.35. The van der Waals surface area contributed by atoms with Gasteiger partial charge in [0.2, 0.25) is 0 Å². The van der Waals surface area contributed by atoms with E-state index in [9.17, 15) is 14.7 Å². The maximum absolute atomic E-state index is 12.1. The minimum atomic E-state index is -0.988. The van der Waals surface area contributed by atoms with Crippen LogP contribution in [0.15, 0.2) is 42.5 Å².